The van der Waals surface area contributed by atoms with Crippen LogP contribution in [0.5, 0.6) is 0 Å². The number of rotatable bonds is 5. The second kappa shape index (κ2) is 7.59. The number of anilines is 1. The molecule has 8 heteroatoms. The lowest BCUT2D eigenvalue weighted by molar-refractivity contribution is -0.113. The fourth-order valence-electron chi connectivity index (χ4n) is 1.84. The third kappa shape index (κ3) is 4.42. The first-order chi connectivity index (χ1) is 11.6. The summed E-state index contributed by atoms with van der Waals surface area (Å²) in [6.45, 7) is 2.01. The zero-order valence-corrected chi connectivity index (χ0v) is 15.1. The number of benzene rings is 1. The van der Waals surface area contributed by atoms with Gasteiger partial charge in [-0.25, -0.2) is 4.98 Å². The summed E-state index contributed by atoms with van der Waals surface area (Å²) < 4.78 is 6.42. The Kier molecular flexibility index (Phi) is 5.27. The number of amides is 1. The second-order valence-corrected chi connectivity index (χ2v) is 6.78. The average molecular weight is 405 g/mol. The molecule has 1 aromatic carbocycles. The largest absolute Gasteiger partial charge is 0.411 e. The summed E-state index contributed by atoms with van der Waals surface area (Å²) in [5.41, 5.74) is 2.01. The van der Waals surface area contributed by atoms with Crippen LogP contribution in [-0.2, 0) is 4.79 Å². The molecule has 0 aliphatic heterocycles. The molecule has 6 nitrogen and oxygen atoms in total. The molecule has 0 unspecified atom stereocenters. The Morgan fingerprint density at radius 2 is 2.00 bits per heavy atom. The summed E-state index contributed by atoms with van der Waals surface area (Å²) in [6.07, 6.45) is 1.62. The number of halogens is 1. The molecule has 0 aliphatic carbocycles. The Bertz CT molecular complexity index is 834. The Morgan fingerprint density at radius 3 is 2.71 bits per heavy atom. The topological polar surface area (TPSA) is 80.9 Å². The number of nitrogens with one attached hydrogen (secondary N) is 1. The lowest BCUT2D eigenvalue weighted by atomic mass is 10.1. The molecule has 0 radical (unpaired) electrons. The van der Waals surface area contributed by atoms with Crippen molar-refractivity contribution < 1.29 is 9.21 Å². The molecular weight excluding hydrogens is 392 g/mol. The molecule has 3 aromatic rings. The van der Waals surface area contributed by atoms with Gasteiger partial charge in [0, 0.05) is 16.2 Å². The molecule has 0 spiro atoms. The predicted octanol–water partition coefficient (Wildman–Crippen LogP) is 3.93. The van der Waals surface area contributed by atoms with Gasteiger partial charge in [0.2, 0.25) is 11.8 Å². The standard InChI is InChI=1S/C16H13BrN4O2S/c1-10-2-4-11(5-3-10)15-20-21-16(23-15)24-9-14(22)19-13-7-6-12(17)8-18-13/h2-8H,9H2,1H3,(H,18,19,22). The van der Waals surface area contributed by atoms with Gasteiger partial charge in [-0.2, -0.15) is 0 Å². The smallest absolute Gasteiger partial charge is 0.277 e. The van der Waals surface area contributed by atoms with Crippen LogP contribution >= 0.6 is 27.7 Å². The van der Waals surface area contributed by atoms with Crippen molar-refractivity contribution in [3.63, 3.8) is 0 Å². The number of pyridine rings is 1. The first-order valence-electron chi connectivity index (χ1n) is 7.05. The molecule has 0 saturated heterocycles. The second-order valence-electron chi connectivity index (χ2n) is 4.94. The number of hydrogen-bond donors (Lipinski definition) is 1. The van der Waals surface area contributed by atoms with Crippen molar-refractivity contribution in [2.75, 3.05) is 11.1 Å². The van der Waals surface area contributed by atoms with Crippen molar-refractivity contribution in [2.24, 2.45) is 0 Å². The summed E-state index contributed by atoms with van der Waals surface area (Å²) in [5, 5.41) is 11.0. The molecule has 24 heavy (non-hydrogen) atoms. The van der Waals surface area contributed by atoms with E-state index in [1.807, 2.05) is 37.3 Å². The molecule has 0 fully saturated rings. The minimum Gasteiger partial charge on any atom is -0.411 e. The lowest BCUT2D eigenvalue weighted by Gasteiger charge is -2.02. The van der Waals surface area contributed by atoms with Gasteiger partial charge in [0.25, 0.3) is 5.22 Å². The Balaban J connectivity index is 1.56. The SMILES string of the molecule is Cc1ccc(-c2nnc(SCC(=O)Nc3ccc(Br)cn3)o2)cc1. The summed E-state index contributed by atoms with van der Waals surface area (Å²) >= 11 is 4.47. The summed E-state index contributed by atoms with van der Waals surface area (Å²) in [4.78, 5) is 16.0. The van der Waals surface area contributed by atoms with E-state index in [0.29, 0.717) is 16.9 Å². The van der Waals surface area contributed by atoms with Crippen LogP contribution in [0.15, 0.2) is 56.7 Å². The molecule has 122 valence electrons. The zero-order chi connectivity index (χ0) is 16.9. The highest BCUT2D eigenvalue weighted by Crippen LogP contribution is 2.23. The van der Waals surface area contributed by atoms with E-state index in [0.717, 1.165) is 15.6 Å². The van der Waals surface area contributed by atoms with E-state index in [9.17, 15) is 4.79 Å². The highest BCUT2D eigenvalue weighted by molar-refractivity contribution is 9.10. The maximum atomic E-state index is 11.9. The highest BCUT2D eigenvalue weighted by atomic mass is 79.9. The molecule has 0 aliphatic rings. The molecule has 0 bridgehead atoms. The maximum absolute atomic E-state index is 11.9. The van der Waals surface area contributed by atoms with Crippen LogP contribution in [0.1, 0.15) is 5.56 Å². The molecule has 1 amide bonds. The van der Waals surface area contributed by atoms with Crippen molar-refractivity contribution in [3.05, 3.63) is 52.6 Å². The van der Waals surface area contributed by atoms with Gasteiger partial charge >= 0.3 is 0 Å². The Labute approximate surface area is 151 Å². The summed E-state index contributed by atoms with van der Waals surface area (Å²) in [7, 11) is 0. The van der Waals surface area contributed by atoms with E-state index >= 15 is 0 Å². The number of thioether (sulfide) groups is 1. The number of hydrogen-bond acceptors (Lipinski definition) is 6. The van der Waals surface area contributed by atoms with Gasteiger partial charge in [-0.15, -0.1) is 10.2 Å². The van der Waals surface area contributed by atoms with Crippen molar-refractivity contribution in [1.29, 1.82) is 0 Å². The number of aromatic nitrogens is 3. The molecule has 2 heterocycles. The van der Waals surface area contributed by atoms with Crippen LogP contribution in [-0.4, -0.2) is 26.8 Å². The number of carbonyl (C=O) groups excluding carboxylic acids is 1. The van der Waals surface area contributed by atoms with Gasteiger partial charge in [-0.3, -0.25) is 4.79 Å². The fourth-order valence-corrected chi connectivity index (χ4v) is 2.63. The highest BCUT2D eigenvalue weighted by Gasteiger charge is 2.11. The maximum Gasteiger partial charge on any atom is 0.277 e. The third-order valence-corrected chi connectivity index (χ3v) is 4.31. The van der Waals surface area contributed by atoms with Gasteiger partial charge in [0.15, 0.2) is 0 Å². The first-order valence-corrected chi connectivity index (χ1v) is 8.83. The van der Waals surface area contributed by atoms with E-state index in [1.165, 1.54) is 11.8 Å². The van der Waals surface area contributed by atoms with Crippen LogP contribution in [0, 0.1) is 6.92 Å². The monoisotopic (exact) mass is 404 g/mol. The van der Waals surface area contributed by atoms with Gasteiger partial charge in [-0.1, -0.05) is 29.5 Å². The van der Waals surface area contributed by atoms with Gasteiger partial charge in [-0.05, 0) is 47.1 Å². The minimum absolute atomic E-state index is 0.160. The van der Waals surface area contributed by atoms with Crippen molar-refractivity contribution in [1.82, 2.24) is 15.2 Å². The predicted molar refractivity (Wildman–Crippen MR) is 95.8 cm³/mol. The molecule has 0 saturated carbocycles. The third-order valence-electron chi connectivity index (χ3n) is 3.03. The average Bonchev–Trinajstić information content (AvgIpc) is 3.05. The molecule has 3 rings (SSSR count). The van der Waals surface area contributed by atoms with E-state index in [1.54, 1.807) is 12.3 Å². The Morgan fingerprint density at radius 1 is 1.21 bits per heavy atom. The normalized spacial score (nSPS) is 10.6. The van der Waals surface area contributed by atoms with Crippen molar-refractivity contribution in [3.8, 4) is 11.5 Å². The van der Waals surface area contributed by atoms with Crippen LogP contribution in [0.3, 0.4) is 0 Å². The number of nitrogens with zero attached hydrogens (tertiary/aromatic N) is 3. The van der Waals surface area contributed by atoms with Crippen molar-refractivity contribution >= 4 is 39.4 Å². The van der Waals surface area contributed by atoms with E-state index in [4.69, 9.17) is 4.42 Å². The molecular formula is C16H13BrN4O2S. The van der Waals surface area contributed by atoms with E-state index < -0.39 is 0 Å². The Hall–Kier alpha value is -2.19. The molecule has 2 aromatic heterocycles. The van der Waals surface area contributed by atoms with Gasteiger partial charge in [0.05, 0.1) is 5.75 Å². The van der Waals surface area contributed by atoms with Crippen LogP contribution in [0.25, 0.3) is 11.5 Å². The van der Waals surface area contributed by atoms with Crippen LogP contribution < -0.4 is 5.32 Å². The summed E-state index contributed by atoms with van der Waals surface area (Å²) in [5.74, 6) is 0.903. The first kappa shape index (κ1) is 16.7. The van der Waals surface area contributed by atoms with Crippen LogP contribution in [0.4, 0.5) is 5.82 Å². The minimum atomic E-state index is -0.190. The number of aryl methyl sites for hydroxylation is 1. The van der Waals surface area contributed by atoms with Crippen molar-refractivity contribution in [2.45, 2.75) is 12.1 Å². The molecule has 1 N–H and O–H groups in total. The van der Waals surface area contributed by atoms with E-state index in [2.05, 4.69) is 36.4 Å². The van der Waals surface area contributed by atoms with Gasteiger partial charge < -0.3 is 9.73 Å². The van der Waals surface area contributed by atoms with Gasteiger partial charge in [0.1, 0.15) is 5.82 Å². The zero-order valence-electron chi connectivity index (χ0n) is 12.7. The fraction of sp³-hybridized carbons (Fsp3) is 0.125. The summed E-state index contributed by atoms with van der Waals surface area (Å²) in [6, 6.07) is 11.3. The quantitative estimate of drug-likeness (QED) is 0.648. The number of carbonyl (C=O) groups is 1. The van der Waals surface area contributed by atoms with Crippen LogP contribution in [0.2, 0.25) is 0 Å². The van der Waals surface area contributed by atoms with E-state index in [-0.39, 0.29) is 11.7 Å². The molecule has 0 atom stereocenters. The lowest BCUT2D eigenvalue weighted by Crippen LogP contribution is -2.14.